The average molecular weight is 466 g/mol. The first kappa shape index (κ1) is 20.0. The zero-order valence-corrected chi connectivity index (χ0v) is 19.5. The standard InChI is InChI=1S/C31H19N3S/c1-2-11-25-20(6-1)14-15-28-29(25)27-13-5-12-26(30(27)35-28)23-9-3-7-21(16-23)22-8-4-10-24(17-22)31-33-18-32-19-34-31/h1-19H. The molecule has 164 valence electrons. The Morgan fingerprint density at radius 2 is 1.23 bits per heavy atom. The van der Waals surface area contributed by atoms with E-state index in [1.165, 1.54) is 60.3 Å². The molecule has 0 aliphatic carbocycles. The summed E-state index contributed by atoms with van der Waals surface area (Å²) in [6.07, 6.45) is 3.06. The molecule has 0 bridgehead atoms. The first-order valence-corrected chi connectivity index (χ1v) is 12.3. The van der Waals surface area contributed by atoms with Gasteiger partial charge < -0.3 is 0 Å². The summed E-state index contributed by atoms with van der Waals surface area (Å²) >= 11 is 1.88. The molecule has 0 radical (unpaired) electrons. The summed E-state index contributed by atoms with van der Waals surface area (Å²) in [7, 11) is 0. The molecular formula is C31H19N3S. The lowest BCUT2D eigenvalue weighted by molar-refractivity contribution is 1.06. The predicted molar refractivity (Wildman–Crippen MR) is 147 cm³/mol. The van der Waals surface area contributed by atoms with Crippen LogP contribution < -0.4 is 0 Å². The van der Waals surface area contributed by atoms with E-state index in [2.05, 4.69) is 112 Å². The normalized spacial score (nSPS) is 11.4. The Labute approximate surface area is 206 Å². The van der Waals surface area contributed by atoms with Gasteiger partial charge in [0.05, 0.1) is 0 Å². The summed E-state index contributed by atoms with van der Waals surface area (Å²) in [6.45, 7) is 0. The number of aromatic nitrogens is 3. The Hall–Kier alpha value is -4.41. The van der Waals surface area contributed by atoms with Crippen LogP contribution in [0.4, 0.5) is 0 Å². The van der Waals surface area contributed by atoms with Crippen molar-refractivity contribution in [2.75, 3.05) is 0 Å². The summed E-state index contributed by atoms with van der Waals surface area (Å²) in [5.74, 6) is 0.681. The van der Waals surface area contributed by atoms with E-state index in [-0.39, 0.29) is 0 Å². The van der Waals surface area contributed by atoms with Gasteiger partial charge in [-0.05, 0) is 51.2 Å². The Balaban J connectivity index is 1.39. The molecule has 0 aliphatic rings. The Kier molecular flexibility index (Phi) is 4.64. The van der Waals surface area contributed by atoms with E-state index in [1.54, 1.807) is 0 Å². The first-order chi connectivity index (χ1) is 17.3. The van der Waals surface area contributed by atoms with Crippen LogP contribution in [0.25, 0.3) is 64.6 Å². The van der Waals surface area contributed by atoms with Crippen molar-refractivity contribution in [1.29, 1.82) is 0 Å². The van der Waals surface area contributed by atoms with E-state index in [0.29, 0.717) is 5.82 Å². The largest absolute Gasteiger partial charge is 0.225 e. The van der Waals surface area contributed by atoms with E-state index in [0.717, 1.165) is 11.1 Å². The van der Waals surface area contributed by atoms with E-state index in [1.807, 2.05) is 17.4 Å². The van der Waals surface area contributed by atoms with Gasteiger partial charge in [-0.3, -0.25) is 0 Å². The SMILES string of the molecule is c1cc(-c2cccc(-c3cccc4c3sc3ccc5ccccc5c34)c2)cc(-c2ncncn2)c1. The number of benzene rings is 5. The van der Waals surface area contributed by atoms with Gasteiger partial charge in [0.2, 0.25) is 0 Å². The third-order valence-electron chi connectivity index (χ3n) is 6.51. The maximum Gasteiger partial charge on any atom is 0.162 e. The maximum absolute atomic E-state index is 4.30. The van der Waals surface area contributed by atoms with E-state index in [4.69, 9.17) is 0 Å². The summed E-state index contributed by atoms with van der Waals surface area (Å²) in [5, 5.41) is 5.27. The van der Waals surface area contributed by atoms with Crippen LogP contribution in [0.3, 0.4) is 0 Å². The van der Waals surface area contributed by atoms with Gasteiger partial charge in [-0.2, -0.15) is 0 Å². The van der Waals surface area contributed by atoms with Crippen LogP contribution in [0.15, 0.2) is 116 Å². The molecule has 0 N–H and O–H groups in total. The van der Waals surface area contributed by atoms with Crippen LogP contribution in [0.2, 0.25) is 0 Å². The number of rotatable bonds is 3. The molecule has 35 heavy (non-hydrogen) atoms. The molecule has 0 atom stereocenters. The third kappa shape index (κ3) is 3.38. The summed E-state index contributed by atoms with van der Waals surface area (Å²) < 4.78 is 2.65. The second kappa shape index (κ2) is 8.12. The van der Waals surface area contributed by atoms with E-state index in [9.17, 15) is 0 Å². The minimum Gasteiger partial charge on any atom is -0.225 e. The predicted octanol–water partition coefficient (Wildman–Crippen LogP) is 8.39. The molecule has 4 heteroatoms. The number of thiophene rings is 1. The van der Waals surface area contributed by atoms with Gasteiger partial charge in [0, 0.05) is 25.7 Å². The Morgan fingerprint density at radius 3 is 2.09 bits per heavy atom. The molecule has 0 saturated heterocycles. The van der Waals surface area contributed by atoms with Crippen molar-refractivity contribution < 1.29 is 0 Å². The van der Waals surface area contributed by atoms with Crippen molar-refractivity contribution in [3.63, 3.8) is 0 Å². The van der Waals surface area contributed by atoms with Gasteiger partial charge in [0.1, 0.15) is 12.7 Å². The quantitative estimate of drug-likeness (QED) is 0.263. The van der Waals surface area contributed by atoms with Gasteiger partial charge in [-0.1, -0.05) is 84.9 Å². The van der Waals surface area contributed by atoms with Crippen molar-refractivity contribution in [2.45, 2.75) is 0 Å². The second-order valence-electron chi connectivity index (χ2n) is 8.57. The third-order valence-corrected chi connectivity index (χ3v) is 7.71. The highest BCUT2D eigenvalue weighted by atomic mass is 32.1. The summed E-state index contributed by atoms with van der Waals surface area (Å²) in [4.78, 5) is 12.5. The minimum atomic E-state index is 0.681. The molecule has 2 aromatic heterocycles. The zero-order chi connectivity index (χ0) is 23.2. The number of hydrogen-bond acceptors (Lipinski definition) is 4. The molecule has 7 aromatic rings. The van der Waals surface area contributed by atoms with Crippen LogP contribution in [0.1, 0.15) is 0 Å². The number of hydrogen-bond donors (Lipinski definition) is 0. The minimum absolute atomic E-state index is 0.681. The Bertz CT molecular complexity index is 1850. The lowest BCUT2D eigenvalue weighted by Gasteiger charge is -2.09. The van der Waals surface area contributed by atoms with Crippen LogP contribution in [-0.4, -0.2) is 15.0 Å². The van der Waals surface area contributed by atoms with Gasteiger partial charge in [-0.25, -0.2) is 15.0 Å². The van der Waals surface area contributed by atoms with Crippen LogP contribution >= 0.6 is 11.3 Å². The first-order valence-electron chi connectivity index (χ1n) is 11.5. The van der Waals surface area contributed by atoms with Crippen molar-refractivity contribution in [2.24, 2.45) is 0 Å². The fraction of sp³-hybridized carbons (Fsp3) is 0. The number of fused-ring (bicyclic) bond motifs is 5. The number of nitrogens with zero attached hydrogens (tertiary/aromatic N) is 3. The van der Waals surface area contributed by atoms with Crippen molar-refractivity contribution in [1.82, 2.24) is 15.0 Å². The van der Waals surface area contributed by atoms with Crippen LogP contribution in [0.5, 0.6) is 0 Å². The molecule has 2 heterocycles. The van der Waals surface area contributed by atoms with Crippen LogP contribution in [-0.2, 0) is 0 Å². The van der Waals surface area contributed by atoms with E-state index < -0.39 is 0 Å². The van der Waals surface area contributed by atoms with Gasteiger partial charge >= 0.3 is 0 Å². The maximum atomic E-state index is 4.30. The molecule has 0 amide bonds. The topological polar surface area (TPSA) is 38.7 Å². The van der Waals surface area contributed by atoms with Crippen LogP contribution in [0, 0.1) is 0 Å². The Morgan fingerprint density at radius 1 is 0.543 bits per heavy atom. The van der Waals surface area contributed by atoms with Gasteiger partial charge in [0.25, 0.3) is 0 Å². The molecule has 0 fully saturated rings. The second-order valence-corrected chi connectivity index (χ2v) is 9.62. The lowest BCUT2D eigenvalue weighted by Crippen LogP contribution is -1.89. The molecule has 0 spiro atoms. The molecule has 0 saturated carbocycles. The van der Waals surface area contributed by atoms with Crippen molar-refractivity contribution in [3.8, 4) is 33.6 Å². The molecule has 0 unspecified atom stereocenters. The van der Waals surface area contributed by atoms with E-state index >= 15 is 0 Å². The highest BCUT2D eigenvalue weighted by Gasteiger charge is 2.13. The molecule has 5 aromatic carbocycles. The van der Waals surface area contributed by atoms with Crippen molar-refractivity contribution >= 4 is 42.3 Å². The molecule has 0 aliphatic heterocycles. The zero-order valence-electron chi connectivity index (χ0n) is 18.7. The van der Waals surface area contributed by atoms with Crippen molar-refractivity contribution in [3.05, 3.63) is 116 Å². The molecule has 7 rings (SSSR count). The lowest BCUT2D eigenvalue weighted by atomic mass is 9.96. The molecular weight excluding hydrogens is 446 g/mol. The fourth-order valence-electron chi connectivity index (χ4n) is 4.89. The summed E-state index contributed by atoms with van der Waals surface area (Å²) in [5.41, 5.74) is 5.77. The average Bonchev–Trinajstić information content (AvgIpc) is 3.33. The highest BCUT2D eigenvalue weighted by molar-refractivity contribution is 7.26. The van der Waals surface area contributed by atoms with Gasteiger partial charge in [-0.15, -0.1) is 11.3 Å². The van der Waals surface area contributed by atoms with Gasteiger partial charge in [0.15, 0.2) is 5.82 Å². The monoisotopic (exact) mass is 465 g/mol. The fourth-order valence-corrected chi connectivity index (χ4v) is 6.14. The summed E-state index contributed by atoms with van der Waals surface area (Å²) in [6, 6.07) is 37.0. The highest BCUT2D eigenvalue weighted by Crippen LogP contribution is 2.43. The molecule has 3 nitrogen and oxygen atoms in total. The smallest absolute Gasteiger partial charge is 0.162 e.